The zero-order valence-corrected chi connectivity index (χ0v) is 11.8. The number of halogens is 1. The van der Waals surface area contributed by atoms with E-state index in [4.69, 9.17) is 16.3 Å². The molecule has 0 atom stereocenters. The van der Waals surface area contributed by atoms with E-state index in [0.29, 0.717) is 22.8 Å². The Labute approximate surface area is 126 Å². The SMILES string of the molecule is O=C(OCCc1cnc2c(Cl)nccn12)c1ccccc1. The summed E-state index contributed by atoms with van der Waals surface area (Å²) >= 11 is 5.96. The van der Waals surface area contributed by atoms with Crippen LogP contribution in [0.2, 0.25) is 5.15 Å². The first-order valence-electron chi connectivity index (χ1n) is 6.44. The van der Waals surface area contributed by atoms with Crippen molar-refractivity contribution in [3.05, 3.63) is 65.3 Å². The second kappa shape index (κ2) is 5.93. The van der Waals surface area contributed by atoms with Gasteiger partial charge in [-0.1, -0.05) is 29.8 Å². The molecule has 21 heavy (non-hydrogen) atoms. The molecule has 1 aromatic carbocycles. The zero-order chi connectivity index (χ0) is 14.7. The summed E-state index contributed by atoms with van der Waals surface area (Å²) in [4.78, 5) is 20.0. The van der Waals surface area contributed by atoms with Gasteiger partial charge in [-0.2, -0.15) is 0 Å². The molecular formula is C15H12ClN3O2. The van der Waals surface area contributed by atoms with E-state index < -0.39 is 0 Å². The fourth-order valence-electron chi connectivity index (χ4n) is 2.03. The van der Waals surface area contributed by atoms with Gasteiger partial charge in [0.2, 0.25) is 0 Å². The Morgan fingerprint density at radius 1 is 1.24 bits per heavy atom. The maximum absolute atomic E-state index is 11.8. The summed E-state index contributed by atoms with van der Waals surface area (Å²) in [6.07, 6.45) is 5.65. The van der Waals surface area contributed by atoms with Gasteiger partial charge in [0.15, 0.2) is 10.8 Å². The minimum absolute atomic E-state index is 0.279. The number of fused-ring (bicyclic) bond motifs is 1. The van der Waals surface area contributed by atoms with Gasteiger partial charge in [0, 0.05) is 30.7 Å². The van der Waals surface area contributed by atoms with E-state index in [1.807, 2.05) is 10.5 Å². The molecule has 0 fully saturated rings. The number of hydrogen-bond donors (Lipinski definition) is 0. The molecule has 5 nitrogen and oxygen atoms in total. The molecule has 0 N–H and O–H groups in total. The van der Waals surface area contributed by atoms with Gasteiger partial charge in [-0.05, 0) is 12.1 Å². The maximum atomic E-state index is 11.8. The molecule has 0 aliphatic rings. The van der Waals surface area contributed by atoms with Crippen molar-refractivity contribution in [1.29, 1.82) is 0 Å². The number of carbonyl (C=O) groups excluding carboxylic acids is 1. The van der Waals surface area contributed by atoms with Crippen molar-refractivity contribution in [2.45, 2.75) is 6.42 Å². The van der Waals surface area contributed by atoms with Crippen LogP contribution in [0.15, 0.2) is 48.9 Å². The third-order valence-electron chi connectivity index (χ3n) is 3.06. The molecule has 3 aromatic rings. The zero-order valence-electron chi connectivity index (χ0n) is 11.1. The van der Waals surface area contributed by atoms with Crippen LogP contribution in [-0.4, -0.2) is 26.9 Å². The highest BCUT2D eigenvalue weighted by Gasteiger charge is 2.09. The fourth-order valence-corrected chi connectivity index (χ4v) is 2.23. The first kappa shape index (κ1) is 13.6. The van der Waals surface area contributed by atoms with Gasteiger partial charge >= 0.3 is 5.97 Å². The molecular weight excluding hydrogens is 290 g/mol. The van der Waals surface area contributed by atoms with Gasteiger partial charge in [-0.25, -0.2) is 14.8 Å². The Morgan fingerprint density at radius 3 is 2.86 bits per heavy atom. The lowest BCUT2D eigenvalue weighted by atomic mass is 10.2. The minimum Gasteiger partial charge on any atom is -0.462 e. The van der Waals surface area contributed by atoms with Crippen LogP contribution in [0.1, 0.15) is 16.1 Å². The molecule has 106 valence electrons. The summed E-state index contributed by atoms with van der Waals surface area (Å²) in [5, 5.41) is 0.352. The van der Waals surface area contributed by atoms with Gasteiger partial charge in [-0.3, -0.25) is 4.40 Å². The van der Waals surface area contributed by atoms with Crippen molar-refractivity contribution in [2.75, 3.05) is 6.61 Å². The average Bonchev–Trinajstić information content (AvgIpc) is 2.93. The number of aromatic nitrogens is 3. The number of ether oxygens (including phenoxy) is 1. The quantitative estimate of drug-likeness (QED) is 0.695. The number of esters is 1. The van der Waals surface area contributed by atoms with Crippen molar-refractivity contribution in [2.24, 2.45) is 0 Å². The Hall–Kier alpha value is -2.40. The molecule has 0 bridgehead atoms. The molecule has 6 heteroatoms. The van der Waals surface area contributed by atoms with E-state index in [9.17, 15) is 4.79 Å². The monoisotopic (exact) mass is 301 g/mol. The third-order valence-corrected chi connectivity index (χ3v) is 3.33. The smallest absolute Gasteiger partial charge is 0.338 e. The summed E-state index contributed by atoms with van der Waals surface area (Å²) in [7, 11) is 0. The van der Waals surface area contributed by atoms with Gasteiger partial charge in [0.05, 0.1) is 12.2 Å². The minimum atomic E-state index is -0.330. The molecule has 0 radical (unpaired) electrons. The van der Waals surface area contributed by atoms with Gasteiger partial charge in [0.25, 0.3) is 0 Å². The predicted octanol–water partition coefficient (Wildman–Crippen LogP) is 2.78. The Balaban J connectivity index is 1.65. The number of hydrogen-bond acceptors (Lipinski definition) is 4. The predicted molar refractivity (Wildman–Crippen MR) is 78.4 cm³/mol. The molecule has 0 aliphatic heterocycles. The second-order valence-corrected chi connectivity index (χ2v) is 4.77. The summed E-state index contributed by atoms with van der Waals surface area (Å²) in [5.41, 5.74) is 2.06. The molecule has 0 aliphatic carbocycles. The third kappa shape index (κ3) is 2.87. The highest BCUT2D eigenvalue weighted by atomic mass is 35.5. The van der Waals surface area contributed by atoms with Crippen molar-refractivity contribution in [1.82, 2.24) is 14.4 Å². The van der Waals surface area contributed by atoms with Gasteiger partial charge < -0.3 is 4.74 Å². The topological polar surface area (TPSA) is 56.5 Å². The van der Waals surface area contributed by atoms with Crippen LogP contribution in [-0.2, 0) is 11.2 Å². The number of imidazole rings is 1. The second-order valence-electron chi connectivity index (χ2n) is 4.41. The van der Waals surface area contributed by atoms with Crippen molar-refractivity contribution in [3.8, 4) is 0 Å². The summed E-state index contributed by atoms with van der Waals surface area (Å²) in [6.45, 7) is 0.279. The van der Waals surface area contributed by atoms with E-state index >= 15 is 0 Å². The largest absolute Gasteiger partial charge is 0.462 e. The van der Waals surface area contributed by atoms with E-state index in [1.165, 1.54) is 0 Å². The van der Waals surface area contributed by atoms with Crippen LogP contribution in [0, 0.1) is 0 Å². The number of carbonyl (C=O) groups is 1. The van der Waals surface area contributed by atoms with Crippen LogP contribution in [0.25, 0.3) is 5.65 Å². The molecule has 2 heterocycles. The lowest BCUT2D eigenvalue weighted by Crippen LogP contribution is -2.09. The van der Waals surface area contributed by atoms with E-state index in [1.54, 1.807) is 42.9 Å². The number of rotatable bonds is 4. The highest BCUT2D eigenvalue weighted by Crippen LogP contribution is 2.14. The van der Waals surface area contributed by atoms with Crippen molar-refractivity contribution >= 4 is 23.2 Å². The summed E-state index contributed by atoms with van der Waals surface area (Å²) in [5.74, 6) is -0.330. The Bertz CT molecular complexity index is 771. The van der Waals surface area contributed by atoms with Crippen LogP contribution >= 0.6 is 11.6 Å². The molecule has 0 unspecified atom stereocenters. The first-order valence-corrected chi connectivity index (χ1v) is 6.82. The lowest BCUT2D eigenvalue weighted by molar-refractivity contribution is 0.0508. The lowest BCUT2D eigenvalue weighted by Gasteiger charge is -2.05. The standard InChI is InChI=1S/C15H12ClN3O2/c16-13-14-18-10-12(19(14)8-7-17-13)6-9-21-15(20)11-4-2-1-3-5-11/h1-5,7-8,10H,6,9H2. The van der Waals surface area contributed by atoms with Gasteiger partial charge in [0.1, 0.15) is 0 Å². The Kier molecular flexibility index (Phi) is 3.83. The molecule has 2 aromatic heterocycles. The first-order chi connectivity index (χ1) is 10.3. The van der Waals surface area contributed by atoms with E-state index in [0.717, 1.165) is 5.69 Å². The van der Waals surface area contributed by atoms with Gasteiger partial charge in [-0.15, -0.1) is 0 Å². The number of benzene rings is 1. The molecule has 0 saturated heterocycles. The van der Waals surface area contributed by atoms with E-state index in [-0.39, 0.29) is 12.6 Å². The molecule has 0 amide bonds. The van der Waals surface area contributed by atoms with Crippen LogP contribution in [0.5, 0.6) is 0 Å². The van der Waals surface area contributed by atoms with E-state index in [2.05, 4.69) is 9.97 Å². The Morgan fingerprint density at radius 2 is 2.05 bits per heavy atom. The van der Waals surface area contributed by atoms with Crippen molar-refractivity contribution in [3.63, 3.8) is 0 Å². The van der Waals surface area contributed by atoms with Crippen molar-refractivity contribution < 1.29 is 9.53 Å². The normalized spacial score (nSPS) is 10.7. The average molecular weight is 302 g/mol. The molecule has 3 rings (SSSR count). The number of nitrogens with zero attached hydrogens (tertiary/aromatic N) is 3. The maximum Gasteiger partial charge on any atom is 0.338 e. The van der Waals surface area contributed by atoms with Crippen LogP contribution in [0.4, 0.5) is 0 Å². The molecule has 0 saturated carbocycles. The molecule has 0 spiro atoms. The summed E-state index contributed by atoms with van der Waals surface area (Å²) < 4.78 is 7.09. The fraction of sp³-hybridized carbons (Fsp3) is 0.133. The highest BCUT2D eigenvalue weighted by molar-refractivity contribution is 6.32. The van der Waals surface area contributed by atoms with Crippen LogP contribution < -0.4 is 0 Å². The van der Waals surface area contributed by atoms with Crippen LogP contribution in [0.3, 0.4) is 0 Å². The summed E-state index contributed by atoms with van der Waals surface area (Å²) in [6, 6.07) is 8.91.